The highest BCUT2D eigenvalue weighted by atomic mass is 16.5. The fourth-order valence-electron chi connectivity index (χ4n) is 2.71. The number of hydrogen-bond acceptors (Lipinski definition) is 4. The number of carbonyl (C=O) groups is 1. The van der Waals surface area contributed by atoms with Crippen LogP contribution in [-0.2, 0) is 4.79 Å². The van der Waals surface area contributed by atoms with Crippen molar-refractivity contribution < 1.29 is 14.6 Å². The van der Waals surface area contributed by atoms with Crippen LogP contribution in [0.2, 0.25) is 0 Å². The average Bonchev–Trinajstić information content (AvgIpc) is 3.08. The molecule has 3 rings (SSSR count). The van der Waals surface area contributed by atoms with E-state index in [2.05, 4.69) is 5.10 Å². The molecule has 6 nitrogen and oxygen atoms in total. The zero-order valence-electron chi connectivity index (χ0n) is 14.8. The number of fused-ring (bicyclic) bond motifs is 1. The topological polar surface area (TPSA) is 67.6 Å². The van der Waals surface area contributed by atoms with Gasteiger partial charge in [-0.3, -0.25) is 4.79 Å². The molecule has 2 aromatic carbocycles. The summed E-state index contributed by atoms with van der Waals surface area (Å²) in [6, 6.07) is 15.9. The van der Waals surface area contributed by atoms with Gasteiger partial charge in [-0.25, -0.2) is 4.68 Å². The summed E-state index contributed by atoms with van der Waals surface area (Å²) in [5.74, 6) is 0.0527. The van der Waals surface area contributed by atoms with E-state index in [-0.39, 0.29) is 6.42 Å². The van der Waals surface area contributed by atoms with Crippen LogP contribution in [0.15, 0.2) is 54.7 Å². The Bertz CT molecular complexity index is 825. The molecule has 0 aliphatic heterocycles. The van der Waals surface area contributed by atoms with Crippen LogP contribution in [-0.4, -0.2) is 52.5 Å². The molecule has 0 atom stereocenters. The third-order valence-corrected chi connectivity index (χ3v) is 4.18. The van der Waals surface area contributed by atoms with Gasteiger partial charge in [0.2, 0.25) is 0 Å². The highest BCUT2D eigenvalue weighted by Gasteiger charge is 2.04. The monoisotopic (exact) mass is 353 g/mol. The van der Waals surface area contributed by atoms with Crippen LogP contribution >= 0.6 is 0 Å². The molecule has 0 fully saturated rings. The first-order valence-electron chi connectivity index (χ1n) is 8.70. The molecular weight excluding hydrogens is 330 g/mol. The van der Waals surface area contributed by atoms with Crippen molar-refractivity contribution in [3.8, 4) is 11.4 Å². The molecule has 0 saturated carbocycles. The highest BCUT2D eigenvalue weighted by Crippen LogP contribution is 2.18. The molecule has 6 heteroatoms. The Hall–Kier alpha value is -2.86. The number of carboxylic acids is 1. The van der Waals surface area contributed by atoms with Crippen molar-refractivity contribution >= 4 is 16.9 Å². The summed E-state index contributed by atoms with van der Waals surface area (Å²) >= 11 is 0. The Morgan fingerprint density at radius 2 is 1.92 bits per heavy atom. The quantitative estimate of drug-likeness (QED) is 0.598. The third kappa shape index (κ3) is 4.83. The van der Waals surface area contributed by atoms with E-state index in [4.69, 9.17) is 9.84 Å². The van der Waals surface area contributed by atoms with Gasteiger partial charge in [-0.15, -0.1) is 0 Å². The van der Waals surface area contributed by atoms with Crippen molar-refractivity contribution in [1.82, 2.24) is 14.7 Å². The summed E-state index contributed by atoms with van der Waals surface area (Å²) in [6.45, 7) is 1.97. The molecule has 1 heterocycles. The Morgan fingerprint density at radius 3 is 2.65 bits per heavy atom. The van der Waals surface area contributed by atoms with E-state index in [9.17, 15) is 4.79 Å². The maximum atomic E-state index is 10.5. The van der Waals surface area contributed by atoms with Crippen LogP contribution in [0.4, 0.5) is 0 Å². The van der Waals surface area contributed by atoms with Crippen molar-refractivity contribution in [2.75, 3.05) is 26.7 Å². The first kappa shape index (κ1) is 17.9. The number of aliphatic carboxylic acids is 1. The number of benzene rings is 2. The van der Waals surface area contributed by atoms with Gasteiger partial charge in [-0.1, -0.05) is 18.2 Å². The van der Waals surface area contributed by atoms with E-state index >= 15 is 0 Å². The summed E-state index contributed by atoms with van der Waals surface area (Å²) in [5.41, 5.74) is 1.96. The Morgan fingerprint density at radius 1 is 1.15 bits per heavy atom. The van der Waals surface area contributed by atoms with E-state index in [0.29, 0.717) is 13.2 Å². The minimum Gasteiger partial charge on any atom is -0.494 e. The van der Waals surface area contributed by atoms with Crippen molar-refractivity contribution in [3.63, 3.8) is 0 Å². The lowest BCUT2D eigenvalue weighted by atomic mass is 10.3. The Balaban J connectivity index is 1.48. The van der Waals surface area contributed by atoms with E-state index < -0.39 is 5.97 Å². The minimum atomic E-state index is -0.765. The fraction of sp³-hybridized carbons (Fsp3) is 0.300. The molecule has 0 saturated heterocycles. The lowest BCUT2D eigenvalue weighted by molar-refractivity contribution is -0.137. The summed E-state index contributed by atoms with van der Waals surface area (Å²) in [4.78, 5) is 12.5. The minimum absolute atomic E-state index is 0.168. The molecule has 0 aliphatic carbocycles. The van der Waals surface area contributed by atoms with Gasteiger partial charge in [0.1, 0.15) is 5.75 Å². The van der Waals surface area contributed by atoms with Gasteiger partial charge in [0.05, 0.1) is 24.2 Å². The second kappa shape index (κ2) is 8.49. The predicted octanol–water partition coefficient (Wildman–Crippen LogP) is 3.20. The SMILES string of the molecule is CN(CCCOc1ccc(-n2cc3ccccc3n2)cc1)CCC(=O)O. The molecule has 1 aromatic heterocycles. The lowest BCUT2D eigenvalue weighted by Crippen LogP contribution is -2.24. The first-order valence-corrected chi connectivity index (χ1v) is 8.70. The fourth-order valence-corrected chi connectivity index (χ4v) is 2.71. The second-order valence-electron chi connectivity index (χ2n) is 6.28. The van der Waals surface area contributed by atoms with Gasteiger partial charge in [0, 0.05) is 24.7 Å². The smallest absolute Gasteiger partial charge is 0.304 e. The van der Waals surface area contributed by atoms with Crippen LogP contribution < -0.4 is 4.74 Å². The molecule has 0 unspecified atom stereocenters. The van der Waals surface area contributed by atoms with Gasteiger partial charge in [0.25, 0.3) is 0 Å². The molecule has 0 bridgehead atoms. The van der Waals surface area contributed by atoms with Gasteiger partial charge >= 0.3 is 5.97 Å². The van der Waals surface area contributed by atoms with Crippen LogP contribution in [0.1, 0.15) is 12.8 Å². The summed E-state index contributed by atoms with van der Waals surface area (Å²) in [7, 11) is 1.92. The van der Waals surface area contributed by atoms with Gasteiger partial charge < -0.3 is 14.7 Å². The first-order chi connectivity index (χ1) is 12.6. The van der Waals surface area contributed by atoms with Gasteiger partial charge in [-0.05, 0) is 43.8 Å². The number of ether oxygens (including phenoxy) is 1. The lowest BCUT2D eigenvalue weighted by Gasteiger charge is -2.15. The summed E-state index contributed by atoms with van der Waals surface area (Å²) in [6.07, 6.45) is 3.03. The molecular formula is C20H23N3O3. The van der Waals surface area contributed by atoms with Crippen molar-refractivity contribution in [3.05, 3.63) is 54.7 Å². The number of rotatable bonds is 9. The molecule has 0 aliphatic rings. The number of aromatic nitrogens is 2. The maximum Gasteiger partial charge on any atom is 0.304 e. The van der Waals surface area contributed by atoms with Crippen LogP contribution in [0, 0.1) is 0 Å². The van der Waals surface area contributed by atoms with E-state index in [1.54, 1.807) is 0 Å². The predicted molar refractivity (Wildman–Crippen MR) is 101 cm³/mol. The number of hydrogen-bond donors (Lipinski definition) is 1. The molecule has 136 valence electrons. The normalized spacial score (nSPS) is 11.2. The average molecular weight is 353 g/mol. The zero-order chi connectivity index (χ0) is 18.4. The molecule has 26 heavy (non-hydrogen) atoms. The van der Waals surface area contributed by atoms with Crippen molar-refractivity contribution in [2.45, 2.75) is 12.8 Å². The molecule has 1 N–H and O–H groups in total. The van der Waals surface area contributed by atoms with E-state index in [1.807, 2.05) is 71.4 Å². The molecule has 0 amide bonds. The zero-order valence-corrected chi connectivity index (χ0v) is 14.8. The van der Waals surface area contributed by atoms with Gasteiger partial charge in [0.15, 0.2) is 0 Å². The van der Waals surface area contributed by atoms with E-state index in [0.717, 1.165) is 35.3 Å². The van der Waals surface area contributed by atoms with Crippen LogP contribution in [0.3, 0.4) is 0 Å². The molecule has 0 radical (unpaired) electrons. The second-order valence-corrected chi connectivity index (χ2v) is 6.28. The standard InChI is InChI=1S/C20H23N3O3/c1-22(13-11-20(24)25)12-4-14-26-18-9-7-17(8-10-18)23-15-16-5-2-3-6-19(16)21-23/h2-3,5-10,15H,4,11-14H2,1H3,(H,24,25). The van der Waals surface area contributed by atoms with Crippen molar-refractivity contribution in [2.24, 2.45) is 0 Å². The summed E-state index contributed by atoms with van der Waals surface area (Å²) < 4.78 is 7.63. The Kier molecular flexibility index (Phi) is 5.86. The summed E-state index contributed by atoms with van der Waals surface area (Å²) in [5, 5.41) is 14.3. The Labute approximate surface area is 152 Å². The van der Waals surface area contributed by atoms with E-state index in [1.165, 1.54) is 0 Å². The van der Waals surface area contributed by atoms with Gasteiger partial charge in [-0.2, -0.15) is 5.10 Å². The molecule has 0 spiro atoms. The highest BCUT2D eigenvalue weighted by molar-refractivity contribution is 5.78. The third-order valence-electron chi connectivity index (χ3n) is 4.18. The molecule has 3 aromatic rings. The van der Waals surface area contributed by atoms with Crippen LogP contribution in [0.25, 0.3) is 16.6 Å². The van der Waals surface area contributed by atoms with Crippen LogP contribution in [0.5, 0.6) is 5.75 Å². The maximum absolute atomic E-state index is 10.5. The largest absolute Gasteiger partial charge is 0.494 e. The van der Waals surface area contributed by atoms with Crippen molar-refractivity contribution in [1.29, 1.82) is 0 Å². The number of nitrogens with zero attached hydrogens (tertiary/aromatic N) is 3. The number of carboxylic acid groups (broad SMARTS) is 1.